The highest BCUT2D eigenvalue weighted by Crippen LogP contribution is 2.24. The van der Waals surface area contributed by atoms with Gasteiger partial charge in [0.1, 0.15) is 5.75 Å². The van der Waals surface area contributed by atoms with Gasteiger partial charge in [-0.3, -0.25) is 9.59 Å². The topological polar surface area (TPSA) is 79.5 Å². The van der Waals surface area contributed by atoms with Crippen LogP contribution in [0.15, 0.2) is 42.5 Å². The van der Waals surface area contributed by atoms with Gasteiger partial charge in [0.25, 0.3) is 5.91 Å². The van der Waals surface area contributed by atoms with E-state index in [-0.39, 0.29) is 24.4 Å². The maximum atomic E-state index is 12.5. The summed E-state index contributed by atoms with van der Waals surface area (Å²) >= 11 is 12.1. The van der Waals surface area contributed by atoms with Gasteiger partial charge in [0.05, 0.1) is 29.3 Å². The van der Waals surface area contributed by atoms with Crippen molar-refractivity contribution in [3.63, 3.8) is 0 Å². The van der Waals surface area contributed by atoms with Crippen LogP contribution in [0, 0.1) is 5.92 Å². The van der Waals surface area contributed by atoms with Gasteiger partial charge in [-0.2, -0.15) is 0 Å². The molecule has 0 aromatic heterocycles. The zero-order chi connectivity index (χ0) is 20.8. The minimum atomic E-state index is -0.357. The van der Waals surface area contributed by atoms with E-state index in [1.807, 2.05) is 12.1 Å². The molecule has 3 rings (SSSR count). The van der Waals surface area contributed by atoms with Crippen molar-refractivity contribution in [2.75, 3.05) is 26.7 Å². The quantitative estimate of drug-likeness (QED) is 0.595. The highest BCUT2D eigenvalue weighted by Gasteiger charge is 2.28. The van der Waals surface area contributed by atoms with Crippen molar-refractivity contribution < 1.29 is 14.3 Å². The second kappa shape index (κ2) is 9.96. The van der Waals surface area contributed by atoms with Crippen LogP contribution in [0.5, 0.6) is 5.75 Å². The SMILES string of the molecule is COc1ccccc1C(=O)NCC(=O)NC(Cc1ccc(Cl)c(Cl)c1)C1CNC1. The number of hydrogen-bond donors (Lipinski definition) is 3. The van der Waals surface area contributed by atoms with E-state index in [0.717, 1.165) is 18.7 Å². The first-order valence-corrected chi connectivity index (χ1v) is 10.1. The summed E-state index contributed by atoms with van der Waals surface area (Å²) in [5, 5.41) is 9.90. The number of rotatable bonds is 8. The number of amides is 2. The molecule has 1 aliphatic heterocycles. The van der Waals surface area contributed by atoms with Gasteiger partial charge in [0.2, 0.25) is 5.91 Å². The van der Waals surface area contributed by atoms with Crippen molar-refractivity contribution in [3.05, 3.63) is 63.6 Å². The van der Waals surface area contributed by atoms with Gasteiger partial charge in [-0.25, -0.2) is 0 Å². The summed E-state index contributed by atoms with van der Waals surface area (Å²) < 4.78 is 5.19. The fraction of sp³-hybridized carbons (Fsp3) is 0.333. The standard InChI is InChI=1S/C21H23Cl2N3O3/c1-29-19-5-3-2-4-15(19)21(28)25-12-20(27)26-18(14-10-24-11-14)9-13-6-7-16(22)17(23)8-13/h2-8,14,18,24H,9-12H2,1H3,(H,25,28)(H,26,27). The van der Waals surface area contributed by atoms with E-state index in [2.05, 4.69) is 16.0 Å². The summed E-state index contributed by atoms with van der Waals surface area (Å²) in [6.45, 7) is 1.55. The molecule has 1 fully saturated rings. The van der Waals surface area contributed by atoms with E-state index in [1.54, 1.807) is 30.3 Å². The Morgan fingerprint density at radius 3 is 2.59 bits per heavy atom. The van der Waals surface area contributed by atoms with E-state index >= 15 is 0 Å². The van der Waals surface area contributed by atoms with Crippen LogP contribution in [0.4, 0.5) is 0 Å². The Labute approximate surface area is 179 Å². The zero-order valence-corrected chi connectivity index (χ0v) is 17.5. The second-order valence-electron chi connectivity index (χ2n) is 6.93. The van der Waals surface area contributed by atoms with E-state index in [9.17, 15) is 9.59 Å². The van der Waals surface area contributed by atoms with Crippen molar-refractivity contribution in [3.8, 4) is 5.75 Å². The third-order valence-corrected chi connectivity index (χ3v) is 5.67. The molecule has 29 heavy (non-hydrogen) atoms. The molecule has 154 valence electrons. The zero-order valence-electron chi connectivity index (χ0n) is 16.0. The molecule has 0 saturated carbocycles. The highest BCUT2D eigenvalue weighted by molar-refractivity contribution is 6.42. The van der Waals surface area contributed by atoms with Crippen molar-refractivity contribution in [1.29, 1.82) is 0 Å². The van der Waals surface area contributed by atoms with E-state index in [1.165, 1.54) is 7.11 Å². The molecule has 2 aromatic carbocycles. The minimum Gasteiger partial charge on any atom is -0.496 e. The van der Waals surface area contributed by atoms with Crippen molar-refractivity contribution in [2.24, 2.45) is 5.92 Å². The van der Waals surface area contributed by atoms with Gasteiger partial charge in [0, 0.05) is 25.0 Å². The van der Waals surface area contributed by atoms with Gasteiger partial charge in [-0.05, 0) is 36.2 Å². The molecule has 2 aromatic rings. The monoisotopic (exact) mass is 435 g/mol. The second-order valence-corrected chi connectivity index (χ2v) is 7.74. The number of nitrogens with one attached hydrogen (secondary N) is 3. The summed E-state index contributed by atoms with van der Waals surface area (Å²) in [6.07, 6.45) is 0.634. The number of para-hydroxylation sites is 1. The number of ether oxygens (including phenoxy) is 1. The van der Waals surface area contributed by atoms with Crippen molar-refractivity contribution in [1.82, 2.24) is 16.0 Å². The molecule has 1 heterocycles. The number of benzene rings is 2. The molecule has 1 atom stereocenters. The predicted octanol–water partition coefficient (Wildman–Crippen LogP) is 2.68. The fourth-order valence-electron chi connectivity index (χ4n) is 3.20. The first-order chi connectivity index (χ1) is 14.0. The fourth-order valence-corrected chi connectivity index (χ4v) is 3.52. The highest BCUT2D eigenvalue weighted by atomic mass is 35.5. The summed E-state index contributed by atoms with van der Waals surface area (Å²) in [7, 11) is 1.50. The molecular formula is C21H23Cl2N3O3. The molecular weight excluding hydrogens is 413 g/mol. The molecule has 3 N–H and O–H groups in total. The third-order valence-electron chi connectivity index (χ3n) is 4.93. The summed E-state index contributed by atoms with van der Waals surface area (Å²) in [5.41, 5.74) is 1.38. The lowest BCUT2D eigenvalue weighted by Crippen LogP contribution is -2.56. The first-order valence-electron chi connectivity index (χ1n) is 9.33. The largest absolute Gasteiger partial charge is 0.496 e. The molecule has 0 radical (unpaired) electrons. The normalized spacial score (nSPS) is 14.6. The van der Waals surface area contributed by atoms with Crippen LogP contribution < -0.4 is 20.7 Å². The van der Waals surface area contributed by atoms with Gasteiger partial charge >= 0.3 is 0 Å². The smallest absolute Gasteiger partial charge is 0.255 e. The Hall–Kier alpha value is -2.28. The van der Waals surface area contributed by atoms with Crippen LogP contribution in [0.3, 0.4) is 0 Å². The lowest BCUT2D eigenvalue weighted by Gasteiger charge is -2.35. The summed E-state index contributed by atoms with van der Waals surface area (Å²) in [5.74, 6) is 0.177. The average molecular weight is 436 g/mol. The van der Waals surface area contributed by atoms with Gasteiger partial charge in [-0.15, -0.1) is 0 Å². The number of hydrogen-bond acceptors (Lipinski definition) is 4. The van der Waals surface area contributed by atoms with Crippen LogP contribution in [0.1, 0.15) is 15.9 Å². The van der Waals surface area contributed by atoms with Crippen LogP contribution in [-0.2, 0) is 11.2 Å². The third kappa shape index (κ3) is 5.63. The van der Waals surface area contributed by atoms with E-state index < -0.39 is 0 Å². The Morgan fingerprint density at radius 1 is 1.17 bits per heavy atom. The van der Waals surface area contributed by atoms with Crippen LogP contribution in [0.2, 0.25) is 10.0 Å². The van der Waals surface area contributed by atoms with Crippen LogP contribution in [0.25, 0.3) is 0 Å². The summed E-state index contributed by atoms with van der Waals surface area (Å²) in [4.78, 5) is 24.8. The molecule has 0 spiro atoms. The maximum Gasteiger partial charge on any atom is 0.255 e. The number of carbonyl (C=O) groups is 2. The van der Waals surface area contributed by atoms with Gasteiger partial charge in [0.15, 0.2) is 0 Å². The molecule has 6 nitrogen and oxygen atoms in total. The Morgan fingerprint density at radius 2 is 1.93 bits per heavy atom. The Bertz CT molecular complexity index is 887. The number of halogens is 2. The molecule has 1 aliphatic rings. The predicted molar refractivity (Wildman–Crippen MR) is 114 cm³/mol. The lowest BCUT2D eigenvalue weighted by molar-refractivity contribution is -0.121. The Balaban J connectivity index is 1.58. The average Bonchev–Trinajstić information content (AvgIpc) is 2.67. The van der Waals surface area contributed by atoms with E-state index in [0.29, 0.717) is 33.7 Å². The molecule has 0 aliphatic carbocycles. The van der Waals surface area contributed by atoms with Gasteiger partial charge < -0.3 is 20.7 Å². The summed E-state index contributed by atoms with van der Waals surface area (Å²) in [6, 6.07) is 12.3. The Kier molecular flexibility index (Phi) is 7.36. The van der Waals surface area contributed by atoms with Crippen molar-refractivity contribution >= 4 is 35.0 Å². The van der Waals surface area contributed by atoms with Crippen LogP contribution >= 0.6 is 23.2 Å². The molecule has 0 bridgehead atoms. The van der Waals surface area contributed by atoms with Gasteiger partial charge in [-0.1, -0.05) is 41.4 Å². The lowest BCUT2D eigenvalue weighted by atomic mass is 9.89. The maximum absolute atomic E-state index is 12.5. The number of carbonyl (C=O) groups excluding carboxylic acids is 2. The molecule has 2 amide bonds. The van der Waals surface area contributed by atoms with Crippen LogP contribution in [-0.4, -0.2) is 44.6 Å². The molecule has 1 unspecified atom stereocenters. The minimum absolute atomic E-state index is 0.0656. The number of methoxy groups -OCH3 is 1. The van der Waals surface area contributed by atoms with E-state index in [4.69, 9.17) is 27.9 Å². The first kappa shape index (κ1) is 21.4. The molecule has 1 saturated heterocycles. The van der Waals surface area contributed by atoms with Crippen molar-refractivity contribution in [2.45, 2.75) is 12.5 Å². The molecule has 8 heteroatoms.